The molecule has 0 heterocycles. The summed E-state index contributed by atoms with van der Waals surface area (Å²) >= 11 is 1.75. The second kappa shape index (κ2) is 19.4. The van der Waals surface area contributed by atoms with Crippen molar-refractivity contribution < 1.29 is 38.4 Å². The van der Waals surface area contributed by atoms with Gasteiger partial charge in [-0.3, -0.25) is 4.79 Å². The van der Waals surface area contributed by atoms with E-state index in [-0.39, 0.29) is 30.8 Å². The summed E-state index contributed by atoms with van der Waals surface area (Å²) < 4.78 is 28.4. The number of thioether (sulfide) groups is 1. The van der Waals surface area contributed by atoms with E-state index < -0.39 is 28.7 Å². The lowest BCUT2D eigenvalue weighted by molar-refractivity contribution is -0.161. The Morgan fingerprint density at radius 1 is 0.721 bits per heavy atom. The summed E-state index contributed by atoms with van der Waals surface area (Å²) in [5.41, 5.74) is -3.82. The van der Waals surface area contributed by atoms with Gasteiger partial charge in [-0.1, -0.05) is 13.8 Å². The first-order valence-electron chi connectivity index (χ1n) is 16.0. The van der Waals surface area contributed by atoms with Crippen molar-refractivity contribution in [1.29, 1.82) is 0 Å². The number of nitrogens with zero attached hydrogens (tertiary/aromatic N) is 1. The highest BCUT2D eigenvalue weighted by Gasteiger charge is 2.41. The fourth-order valence-corrected chi connectivity index (χ4v) is 5.33. The summed E-state index contributed by atoms with van der Waals surface area (Å²) in [6.45, 7) is 27.1. The minimum absolute atomic E-state index is 0.0630. The number of rotatable bonds is 23. The minimum Gasteiger partial charge on any atom is -0.464 e. The number of carbonyl (C=O) groups excluding carboxylic acids is 2. The van der Waals surface area contributed by atoms with Crippen molar-refractivity contribution in [3.8, 4) is 0 Å². The van der Waals surface area contributed by atoms with Crippen molar-refractivity contribution in [1.82, 2.24) is 4.90 Å². The van der Waals surface area contributed by atoms with Crippen LogP contribution >= 0.6 is 11.8 Å². The third-order valence-electron chi connectivity index (χ3n) is 6.71. The van der Waals surface area contributed by atoms with Gasteiger partial charge in [-0.05, 0) is 108 Å². The first-order valence-corrected chi connectivity index (χ1v) is 17.1. The monoisotopic (exact) mass is 635 g/mol. The molecule has 0 rings (SSSR count). The molecule has 0 amide bonds. The van der Waals surface area contributed by atoms with Gasteiger partial charge >= 0.3 is 12.1 Å². The molecule has 0 saturated carbocycles. The Kier molecular flexibility index (Phi) is 19.0. The summed E-state index contributed by atoms with van der Waals surface area (Å²) in [5, 5.41) is 10.5. The van der Waals surface area contributed by atoms with E-state index in [4.69, 9.17) is 23.7 Å². The summed E-state index contributed by atoms with van der Waals surface area (Å²) in [7, 11) is 0. The molecule has 0 aliphatic rings. The molecule has 10 heteroatoms. The van der Waals surface area contributed by atoms with Crippen molar-refractivity contribution in [3.05, 3.63) is 0 Å². The number of carbonyl (C=O) groups is 2. The highest BCUT2D eigenvalue weighted by Crippen LogP contribution is 2.31. The maximum Gasteiger partial charge on any atom is 0.508 e. The zero-order valence-electron chi connectivity index (χ0n) is 29.6. The highest BCUT2D eigenvalue weighted by molar-refractivity contribution is 7.99. The van der Waals surface area contributed by atoms with Gasteiger partial charge in [0, 0.05) is 31.1 Å². The Hall–Kier alpha value is -1.07. The van der Waals surface area contributed by atoms with E-state index in [0.717, 1.165) is 44.6 Å². The first kappa shape index (κ1) is 41.9. The zero-order chi connectivity index (χ0) is 33.4. The van der Waals surface area contributed by atoms with Crippen LogP contribution in [-0.2, 0) is 28.5 Å². The molecule has 0 aliphatic heterocycles. The molecule has 0 aromatic heterocycles. The number of hydrogen-bond donors (Lipinski definition) is 1. The van der Waals surface area contributed by atoms with Gasteiger partial charge < -0.3 is 33.7 Å². The van der Waals surface area contributed by atoms with Gasteiger partial charge in [0.1, 0.15) is 24.2 Å². The van der Waals surface area contributed by atoms with Crippen molar-refractivity contribution >= 4 is 23.9 Å². The molecular weight excluding hydrogens is 570 g/mol. The summed E-state index contributed by atoms with van der Waals surface area (Å²) in [4.78, 5) is 28.2. The quantitative estimate of drug-likeness (QED) is 0.0944. The Balaban J connectivity index is 4.79. The zero-order valence-corrected chi connectivity index (χ0v) is 30.4. The number of ether oxygens (including phenoxy) is 5. The second-order valence-electron chi connectivity index (χ2n) is 14.6. The summed E-state index contributed by atoms with van der Waals surface area (Å²) in [6.07, 6.45) is 2.65. The molecule has 0 spiro atoms. The standard InChI is InChI=1S/C33H65NO8S/c1-13-17-34(18-14-2)19-23-43-24-22-38-27(35)33(12,25-30(6,7)37)26-39-28(36)42-32(10,11)16-21-41-31(8,9)15-20-40-29(3,4)5/h37H,13-26H2,1-12H3. The van der Waals surface area contributed by atoms with Gasteiger partial charge in [-0.2, -0.15) is 11.8 Å². The predicted octanol–water partition coefficient (Wildman–Crippen LogP) is 6.87. The van der Waals surface area contributed by atoms with Gasteiger partial charge in [0.25, 0.3) is 0 Å². The Labute approximate surface area is 267 Å². The van der Waals surface area contributed by atoms with E-state index in [0.29, 0.717) is 25.4 Å². The van der Waals surface area contributed by atoms with Crippen LogP contribution in [0.4, 0.5) is 4.79 Å². The smallest absolute Gasteiger partial charge is 0.464 e. The van der Waals surface area contributed by atoms with Gasteiger partial charge in [-0.25, -0.2) is 4.79 Å². The average molecular weight is 636 g/mol. The Morgan fingerprint density at radius 2 is 1.28 bits per heavy atom. The summed E-state index contributed by atoms with van der Waals surface area (Å²) in [5.74, 6) is 1.14. The summed E-state index contributed by atoms with van der Waals surface area (Å²) in [6, 6.07) is 0. The molecule has 43 heavy (non-hydrogen) atoms. The van der Waals surface area contributed by atoms with Crippen LogP contribution in [0.1, 0.15) is 115 Å². The predicted molar refractivity (Wildman–Crippen MR) is 176 cm³/mol. The second-order valence-corrected chi connectivity index (χ2v) is 15.8. The van der Waals surface area contributed by atoms with Gasteiger partial charge in [0.05, 0.1) is 23.4 Å². The first-order chi connectivity index (χ1) is 19.6. The van der Waals surface area contributed by atoms with Gasteiger partial charge in [0.2, 0.25) is 0 Å². The van der Waals surface area contributed by atoms with Crippen LogP contribution in [0.2, 0.25) is 0 Å². The Morgan fingerprint density at radius 3 is 1.81 bits per heavy atom. The van der Waals surface area contributed by atoms with Gasteiger partial charge in [-0.15, -0.1) is 0 Å². The molecule has 0 aromatic carbocycles. The molecule has 9 nitrogen and oxygen atoms in total. The lowest BCUT2D eigenvalue weighted by Gasteiger charge is -2.33. The van der Waals surface area contributed by atoms with Crippen molar-refractivity contribution in [3.63, 3.8) is 0 Å². The largest absolute Gasteiger partial charge is 0.508 e. The molecular formula is C33H65NO8S. The van der Waals surface area contributed by atoms with E-state index in [1.54, 1.807) is 46.4 Å². The molecule has 0 saturated heterocycles. The lowest BCUT2D eigenvalue weighted by Crippen LogP contribution is -2.42. The van der Waals surface area contributed by atoms with Crippen LogP contribution in [0.3, 0.4) is 0 Å². The Bertz CT molecular complexity index is 785. The lowest BCUT2D eigenvalue weighted by atomic mass is 9.80. The molecule has 0 aliphatic carbocycles. The maximum absolute atomic E-state index is 13.1. The molecule has 1 atom stereocenters. The van der Waals surface area contributed by atoms with E-state index in [9.17, 15) is 14.7 Å². The van der Waals surface area contributed by atoms with Crippen LogP contribution in [-0.4, -0.2) is 102 Å². The third kappa shape index (κ3) is 22.1. The number of esters is 1. The number of hydrogen-bond acceptors (Lipinski definition) is 10. The molecule has 0 bridgehead atoms. The number of aliphatic hydroxyl groups is 1. The average Bonchev–Trinajstić information content (AvgIpc) is 2.82. The molecule has 0 aromatic rings. The van der Waals surface area contributed by atoms with E-state index >= 15 is 0 Å². The molecule has 1 unspecified atom stereocenters. The van der Waals surface area contributed by atoms with Crippen molar-refractivity contribution in [2.45, 2.75) is 138 Å². The van der Waals surface area contributed by atoms with Crippen LogP contribution in [0, 0.1) is 5.41 Å². The van der Waals surface area contributed by atoms with E-state index in [2.05, 4.69) is 18.7 Å². The van der Waals surface area contributed by atoms with Crippen LogP contribution in [0.25, 0.3) is 0 Å². The SMILES string of the molecule is CCCN(CCC)CCSCCOC(=O)C(C)(COC(=O)OC(C)(C)CCOC(C)(C)CCOC(C)(C)C)CC(C)(C)O. The molecule has 0 fully saturated rings. The topological polar surface area (TPSA) is 104 Å². The van der Waals surface area contributed by atoms with Crippen LogP contribution in [0.15, 0.2) is 0 Å². The van der Waals surface area contributed by atoms with Gasteiger partial charge in [0.15, 0.2) is 0 Å². The van der Waals surface area contributed by atoms with Crippen LogP contribution in [0.5, 0.6) is 0 Å². The van der Waals surface area contributed by atoms with Crippen LogP contribution < -0.4 is 0 Å². The highest BCUT2D eigenvalue weighted by atomic mass is 32.2. The van der Waals surface area contributed by atoms with E-state index in [1.165, 1.54) is 0 Å². The normalized spacial score (nSPS) is 14.5. The third-order valence-corrected chi connectivity index (χ3v) is 7.64. The van der Waals surface area contributed by atoms with Crippen molar-refractivity contribution in [2.24, 2.45) is 5.41 Å². The molecule has 256 valence electrons. The minimum atomic E-state index is -1.23. The molecule has 0 radical (unpaired) electrons. The molecule has 1 N–H and O–H groups in total. The fourth-order valence-electron chi connectivity index (χ4n) is 4.54. The fraction of sp³-hybridized carbons (Fsp3) is 0.939. The maximum atomic E-state index is 13.1. The van der Waals surface area contributed by atoms with E-state index in [1.807, 2.05) is 34.6 Å². The van der Waals surface area contributed by atoms with Crippen molar-refractivity contribution in [2.75, 3.05) is 57.6 Å².